The molecule has 0 aromatic carbocycles. The van der Waals surface area contributed by atoms with E-state index >= 15 is 0 Å². The van der Waals surface area contributed by atoms with E-state index in [4.69, 9.17) is 4.74 Å². The molecule has 1 N–H and O–H groups in total. The molecule has 0 amide bonds. The highest BCUT2D eigenvalue weighted by molar-refractivity contribution is 7.99. The Morgan fingerprint density at radius 2 is 2.12 bits per heavy atom. The number of carbonyl (C=O) groups excluding carboxylic acids is 1. The topological polar surface area (TPSA) is 46.5 Å². The molecule has 1 heterocycles. The zero-order valence-corrected chi connectivity index (χ0v) is 10.6. The molecular formula is C12H20O3S. The van der Waals surface area contributed by atoms with Gasteiger partial charge in [-0.3, -0.25) is 4.79 Å². The van der Waals surface area contributed by atoms with E-state index in [-0.39, 0.29) is 5.97 Å². The Morgan fingerprint density at radius 3 is 2.56 bits per heavy atom. The van der Waals surface area contributed by atoms with Crippen LogP contribution < -0.4 is 0 Å². The Morgan fingerprint density at radius 1 is 1.38 bits per heavy atom. The summed E-state index contributed by atoms with van der Waals surface area (Å²) < 4.78 is 5.19. The summed E-state index contributed by atoms with van der Waals surface area (Å²) in [6, 6.07) is 0. The second kappa shape index (κ2) is 4.57. The molecule has 92 valence electrons. The number of carbonyl (C=O) groups is 1. The van der Waals surface area contributed by atoms with Gasteiger partial charge in [-0.25, -0.2) is 0 Å². The molecule has 3 nitrogen and oxygen atoms in total. The number of hydrogen-bond donors (Lipinski definition) is 1. The molecule has 0 aromatic heterocycles. The van der Waals surface area contributed by atoms with E-state index in [0.29, 0.717) is 6.61 Å². The van der Waals surface area contributed by atoms with Gasteiger partial charge in [-0.1, -0.05) is 0 Å². The van der Waals surface area contributed by atoms with Crippen LogP contribution in [0.5, 0.6) is 0 Å². The molecule has 0 aromatic rings. The van der Waals surface area contributed by atoms with Crippen molar-refractivity contribution in [3.05, 3.63) is 0 Å². The fourth-order valence-electron chi connectivity index (χ4n) is 2.77. The highest BCUT2D eigenvalue weighted by Gasteiger charge is 2.59. The molecule has 1 saturated heterocycles. The first kappa shape index (κ1) is 12.2. The summed E-state index contributed by atoms with van der Waals surface area (Å²) in [5.41, 5.74) is -1.41. The lowest BCUT2D eigenvalue weighted by molar-refractivity contribution is -0.187. The highest BCUT2D eigenvalue weighted by Crippen LogP contribution is 2.53. The third kappa shape index (κ3) is 1.76. The van der Waals surface area contributed by atoms with Crippen molar-refractivity contribution in [1.29, 1.82) is 0 Å². The van der Waals surface area contributed by atoms with Crippen molar-refractivity contribution in [1.82, 2.24) is 0 Å². The zero-order chi connectivity index (χ0) is 11.6. The molecule has 0 radical (unpaired) electrons. The summed E-state index contributed by atoms with van der Waals surface area (Å²) in [5.74, 6) is 1.64. The lowest BCUT2D eigenvalue weighted by Gasteiger charge is -2.52. The van der Waals surface area contributed by atoms with Crippen LogP contribution in [0.15, 0.2) is 0 Å². The molecule has 1 unspecified atom stereocenters. The normalized spacial score (nSPS) is 32.9. The van der Waals surface area contributed by atoms with Crippen molar-refractivity contribution in [3.63, 3.8) is 0 Å². The van der Waals surface area contributed by atoms with Crippen molar-refractivity contribution in [2.24, 2.45) is 5.41 Å². The number of thioether (sulfide) groups is 1. The molecule has 0 spiro atoms. The van der Waals surface area contributed by atoms with Crippen LogP contribution >= 0.6 is 11.8 Å². The molecule has 1 aliphatic heterocycles. The van der Waals surface area contributed by atoms with Crippen LogP contribution in [-0.2, 0) is 9.53 Å². The predicted octanol–water partition coefficient (Wildman–Crippen LogP) is 1.98. The van der Waals surface area contributed by atoms with Crippen molar-refractivity contribution in [2.75, 3.05) is 18.1 Å². The standard InChI is InChI=1S/C12H20O3S/c1-2-15-10(13)11(5-4-8-16-9-11)12(14)6-3-7-12/h14H,2-9H2,1H3. The molecule has 2 fully saturated rings. The molecule has 0 bridgehead atoms. The van der Waals surface area contributed by atoms with Gasteiger partial charge in [0.15, 0.2) is 0 Å². The first-order valence-corrected chi connectivity index (χ1v) is 7.27. The molecule has 1 aliphatic carbocycles. The Hall–Kier alpha value is -0.220. The van der Waals surface area contributed by atoms with E-state index in [2.05, 4.69) is 0 Å². The van der Waals surface area contributed by atoms with Crippen LogP contribution in [0.1, 0.15) is 39.0 Å². The summed E-state index contributed by atoms with van der Waals surface area (Å²) in [6.45, 7) is 2.23. The first-order chi connectivity index (χ1) is 7.65. The number of hydrogen-bond acceptors (Lipinski definition) is 4. The largest absolute Gasteiger partial charge is 0.465 e. The average Bonchev–Trinajstić information content (AvgIpc) is 2.27. The molecule has 16 heavy (non-hydrogen) atoms. The number of rotatable bonds is 3. The third-order valence-corrected chi connectivity index (χ3v) is 5.25. The van der Waals surface area contributed by atoms with E-state index in [1.165, 1.54) is 0 Å². The van der Waals surface area contributed by atoms with Gasteiger partial charge in [0.2, 0.25) is 0 Å². The Bertz CT molecular complexity index is 267. The van der Waals surface area contributed by atoms with Crippen LogP contribution in [0.25, 0.3) is 0 Å². The summed E-state index contributed by atoms with van der Waals surface area (Å²) in [6.07, 6.45) is 4.34. The fraction of sp³-hybridized carbons (Fsp3) is 0.917. The van der Waals surface area contributed by atoms with Crippen molar-refractivity contribution >= 4 is 17.7 Å². The molecule has 2 rings (SSSR count). The lowest BCUT2D eigenvalue weighted by Crippen LogP contribution is -2.60. The van der Waals surface area contributed by atoms with Gasteiger partial charge in [-0.15, -0.1) is 0 Å². The summed E-state index contributed by atoms with van der Waals surface area (Å²) in [7, 11) is 0. The average molecular weight is 244 g/mol. The fourth-order valence-corrected chi connectivity index (χ4v) is 4.14. The third-order valence-electron chi connectivity index (χ3n) is 3.98. The zero-order valence-electron chi connectivity index (χ0n) is 9.83. The second-order valence-electron chi connectivity index (χ2n) is 4.84. The number of esters is 1. The minimum absolute atomic E-state index is 0.176. The molecule has 4 heteroatoms. The van der Waals surface area contributed by atoms with Crippen LogP contribution in [0.4, 0.5) is 0 Å². The van der Waals surface area contributed by atoms with Crippen LogP contribution in [0.2, 0.25) is 0 Å². The van der Waals surface area contributed by atoms with E-state index < -0.39 is 11.0 Å². The quantitative estimate of drug-likeness (QED) is 0.771. The van der Waals surface area contributed by atoms with Crippen LogP contribution in [-0.4, -0.2) is 34.8 Å². The molecule has 1 atom stereocenters. The van der Waals surface area contributed by atoms with E-state index in [1.807, 2.05) is 6.92 Å². The number of aliphatic hydroxyl groups is 1. The second-order valence-corrected chi connectivity index (χ2v) is 5.95. The van der Waals surface area contributed by atoms with E-state index in [9.17, 15) is 9.90 Å². The first-order valence-electron chi connectivity index (χ1n) is 6.12. The minimum atomic E-state index is -0.785. The number of ether oxygens (including phenoxy) is 1. The molecular weight excluding hydrogens is 224 g/mol. The van der Waals surface area contributed by atoms with Crippen molar-refractivity contribution < 1.29 is 14.6 Å². The smallest absolute Gasteiger partial charge is 0.315 e. The van der Waals surface area contributed by atoms with Gasteiger partial charge in [0, 0.05) is 5.75 Å². The van der Waals surface area contributed by atoms with Crippen molar-refractivity contribution in [3.8, 4) is 0 Å². The minimum Gasteiger partial charge on any atom is -0.465 e. The summed E-state index contributed by atoms with van der Waals surface area (Å²) in [4.78, 5) is 12.2. The monoisotopic (exact) mass is 244 g/mol. The Balaban J connectivity index is 2.20. The van der Waals surface area contributed by atoms with Crippen molar-refractivity contribution in [2.45, 2.75) is 44.6 Å². The summed E-state index contributed by atoms with van der Waals surface area (Å²) >= 11 is 1.77. The predicted molar refractivity (Wildman–Crippen MR) is 64.4 cm³/mol. The van der Waals surface area contributed by atoms with Crippen LogP contribution in [0.3, 0.4) is 0 Å². The van der Waals surface area contributed by atoms with Gasteiger partial charge < -0.3 is 9.84 Å². The molecule has 2 aliphatic rings. The maximum atomic E-state index is 12.2. The summed E-state index contributed by atoms with van der Waals surface area (Å²) in [5, 5.41) is 10.6. The van der Waals surface area contributed by atoms with Gasteiger partial charge in [0.05, 0.1) is 12.2 Å². The van der Waals surface area contributed by atoms with Gasteiger partial charge >= 0.3 is 5.97 Å². The Kier molecular flexibility index (Phi) is 3.50. The van der Waals surface area contributed by atoms with Gasteiger partial charge in [-0.2, -0.15) is 11.8 Å². The van der Waals surface area contributed by atoms with Crippen LogP contribution in [0, 0.1) is 5.41 Å². The van der Waals surface area contributed by atoms with Gasteiger partial charge in [-0.05, 0) is 44.8 Å². The maximum Gasteiger partial charge on any atom is 0.315 e. The van der Waals surface area contributed by atoms with E-state index in [1.54, 1.807) is 11.8 Å². The lowest BCUT2D eigenvalue weighted by atomic mass is 9.60. The van der Waals surface area contributed by atoms with Gasteiger partial charge in [0.25, 0.3) is 0 Å². The maximum absolute atomic E-state index is 12.2. The Labute approximate surface area is 101 Å². The van der Waals surface area contributed by atoms with Gasteiger partial charge in [0.1, 0.15) is 5.41 Å². The van der Waals surface area contributed by atoms with E-state index in [0.717, 1.165) is 43.6 Å². The SMILES string of the molecule is CCOC(=O)C1(C2(O)CCC2)CCCSC1. The highest BCUT2D eigenvalue weighted by atomic mass is 32.2. The molecule has 1 saturated carbocycles.